The van der Waals surface area contributed by atoms with Crippen LogP contribution in [0.25, 0.3) is 87.9 Å². The topological polar surface area (TPSA) is 108 Å². The highest BCUT2D eigenvalue weighted by atomic mass is 31.1. The van der Waals surface area contributed by atoms with Crippen LogP contribution in [0.3, 0.4) is 0 Å². The Hall–Kier alpha value is -7.64. The zero-order chi connectivity index (χ0) is 47.5. The minimum absolute atomic E-state index is 0.0551. The number of aryl methyl sites for hydroxylation is 4. The van der Waals surface area contributed by atoms with Crippen molar-refractivity contribution in [3.8, 4) is 78.5 Å². The van der Waals surface area contributed by atoms with Gasteiger partial charge in [-0.1, -0.05) is 60.7 Å². The third-order valence-electron chi connectivity index (χ3n) is 12.7. The Morgan fingerprint density at radius 1 is 0.377 bits per heavy atom. The average Bonchev–Trinajstić information content (AvgIpc) is 3.76. The molecule has 0 spiro atoms. The first-order valence-corrected chi connectivity index (χ1v) is 24.8. The second-order valence-corrected chi connectivity index (χ2v) is 19.6. The van der Waals surface area contributed by atoms with Crippen molar-refractivity contribution in [3.63, 3.8) is 0 Å². The molecule has 10 aromatic rings. The quantitative estimate of drug-likeness (QED) is 0.146. The van der Waals surface area contributed by atoms with Gasteiger partial charge in [0.25, 0.3) is 16.0 Å². The van der Waals surface area contributed by atoms with Crippen molar-refractivity contribution >= 4 is 59.9 Å². The van der Waals surface area contributed by atoms with E-state index in [9.17, 15) is 0 Å². The molecule has 11 rings (SSSR count). The van der Waals surface area contributed by atoms with Gasteiger partial charge < -0.3 is 45.2 Å². The summed E-state index contributed by atoms with van der Waals surface area (Å²) in [6, 6.07) is 44.7. The highest BCUT2D eigenvalue weighted by molar-refractivity contribution is 7.47. The number of ether oxygens (including phenoxy) is 6. The van der Waals surface area contributed by atoms with Crippen molar-refractivity contribution in [2.45, 2.75) is 27.7 Å². The van der Waals surface area contributed by atoms with E-state index in [0.29, 0.717) is 56.8 Å². The van der Waals surface area contributed by atoms with Gasteiger partial charge in [-0.05, 0) is 134 Å². The van der Waals surface area contributed by atoms with E-state index in [1.807, 2.05) is 125 Å². The van der Waals surface area contributed by atoms with Gasteiger partial charge in [0, 0.05) is 43.8 Å². The standard InChI is InChI=1S/C57H48O10P2/c1-32-23-38(58-5)27-44-45-28-39(59-6)24-33(2)53(45)65-68(64-52(32)44)56-42(36-15-11-9-12-16-36)19-21-48-50(56)51-49(63-31-62-48)22-20-43(37-17-13-10-14-18-37)57(51)69-66-54-34(3)25-40(60-7)29-46(54)47-30-41(61-8)26-35(4)55(47)67-69/h9-30H,31H2,1-8H3. The normalized spacial score (nSPS) is 11.9. The minimum atomic E-state index is -2.05. The molecular weight excluding hydrogens is 907 g/mol. The van der Waals surface area contributed by atoms with E-state index >= 15 is 0 Å². The summed E-state index contributed by atoms with van der Waals surface area (Å²) >= 11 is 0. The Balaban J connectivity index is 1.36. The van der Waals surface area contributed by atoms with E-state index in [0.717, 1.165) is 87.8 Å². The summed E-state index contributed by atoms with van der Waals surface area (Å²) in [7, 11) is 2.58. The first-order chi connectivity index (χ1) is 33.7. The van der Waals surface area contributed by atoms with Gasteiger partial charge in [-0.15, -0.1) is 0 Å². The van der Waals surface area contributed by atoms with Crippen molar-refractivity contribution < 1.29 is 45.2 Å². The summed E-state index contributed by atoms with van der Waals surface area (Å²) in [6.07, 6.45) is 0. The molecule has 1 aliphatic rings. The molecule has 0 unspecified atom stereocenters. The van der Waals surface area contributed by atoms with Gasteiger partial charge in [0.2, 0.25) is 6.79 Å². The summed E-state index contributed by atoms with van der Waals surface area (Å²) in [5.41, 5.74) is 11.4. The summed E-state index contributed by atoms with van der Waals surface area (Å²) in [5, 5.41) is 4.86. The van der Waals surface area contributed by atoms with Crippen LogP contribution in [0.2, 0.25) is 0 Å². The van der Waals surface area contributed by atoms with Crippen LogP contribution in [-0.2, 0) is 0 Å². The maximum atomic E-state index is 7.43. The van der Waals surface area contributed by atoms with E-state index in [1.165, 1.54) is 0 Å². The fourth-order valence-corrected chi connectivity index (χ4v) is 13.1. The third kappa shape index (κ3) is 7.61. The van der Waals surface area contributed by atoms with Crippen LogP contribution in [0.1, 0.15) is 22.3 Å². The molecule has 10 nitrogen and oxygen atoms in total. The molecule has 0 atom stereocenters. The molecule has 0 radical (unpaired) electrons. The molecule has 0 fully saturated rings. The molecule has 0 aliphatic carbocycles. The van der Waals surface area contributed by atoms with E-state index in [1.54, 1.807) is 28.4 Å². The average molecular weight is 955 g/mol. The van der Waals surface area contributed by atoms with E-state index in [4.69, 9.17) is 45.2 Å². The second-order valence-electron chi connectivity index (χ2n) is 17.0. The lowest BCUT2D eigenvalue weighted by Gasteiger charge is -2.20. The molecule has 8 aromatic carbocycles. The molecular formula is C57H48O10P2. The highest BCUT2D eigenvalue weighted by Gasteiger charge is 2.33. The molecule has 12 heteroatoms. The Labute approximate surface area is 400 Å². The predicted molar refractivity (Wildman–Crippen MR) is 276 cm³/mol. The fourth-order valence-electron chi connectivity index (χ4n) is 9.38. The molecule has 69 heavy (non-hydrogen) atoms. The Kier molecular flexibility index (Phi) is 11.3. The van der Waals surface area contributed by atoms with Gasteiger partial charge in [0.1, 0.15) is 56.8 Å². The van der Waals surface area contributed by atoms with E-state index in [-0.39, 0.29) is 6.79 Å². The van der Waals surface area contributed by atoms with Crippen LogP contribution in [0.4, 0.5) is 0 Å². The molecule has 0 bridgehead atoms. The summed E-state index contributed by atoms with van der Waals surface area (Å²) in [4.78, 5) is 0. The maximum Gasteiger partial charge on any atom is 0.254 e. The monoisotopic (exact) mass is 954 g/mol. The number of benzene rings is 8. The smallest absolute Gasteiger partial charge is 0.254 e. The van der Waals surface area contributed by atoms with Crippen LogP contribution in [0.5, 0.6) is 34.5 Å². The first-order valence-electron chi connectivity index (χ1n) is 22.4. The van der Waals surface area contributed by atoms with Crippen molar-refractivity contribution in [2.75, 3.05) is 35.2 Å². The summed E-state index contributed by atoms with van der Waals surface area (Å²) in [5.74, 6) is 3.94. The van der Waals surface area contributed by atoms with E-state index in [2.05, 4.69) is 36.4 Å². The number of fused-ring (bicyclic) bond motifs is 9. The van der Waals surface area contributed by atoms with Crippen LogP contribution in [0.15, 0.2) is 150 Å². The van der Waals surface area contributed by atoms with E-state index < -0.39 is 16.0 Å². The van der Waals surface area contributed by atoms with Gasteiger partial charge in [-0.3, -0.25) is 0 Å². The zero-order valence-electron chi connectivity index (χ0n) is 39.4. The molecule has 0 N–H and O–H groups in total. The largest absolute Gasteiger partial charge is 0.497 e. The maximum absolute atomic E-state index is 7.43. The lowest BCUT2D eigenvalue weighted by molar-refractivity contribution is 0.125. The van der Waals surface area contributed by atoms with Crippen molar-refractivity contribution in [1.29, 1.82) is 0 Å². The van der Waals surface area contributed by atoms with Gasteiger partial charge >= 0.3 is 0 Å². The molecule has 0 saturated heterocycles. The lowest BCUT2D eigenvalue weighted by Crippen LogP contribution is -2.03. The van der Waals surface area contributed by atoms with Gasteiger partial charge in [0.15, 0.2) is 0 Å². The van der Waals surface area contributed by atoms with Crippen molar-refractivity contribution in [2.24, 2.45) is 0 Å². The third-order valence-corrected chi connectivity index (χ3v) is 15.8. The van der Waals surface area contributed by atoms with Crippen LogP contribution >= 0.6 is 16.0 Å². The van der Waals surface area contributed by atoms with Crippen LogP contribution in [0, 0.1) is 27.7 Å². The molecule has 0 saturated carbocycles. The van der Waals surface area contributed by atoms with Crippen molar-refractivity contribution in [1.82, 2.24) is 0 Å². The summed E-state index contributed by atoms with van der Waals surface area (Å²) in [6.45, 7) is 8.06. The van der Waals surface area contributed by atoms with Gasteiger partial charge in [-0.25, -0.2) is 0 Å². The van der Waals surface area contributed by atoms with Gasteiger partial charge in [0.05, 0.1) is 39.0 Å². The second kappa shape index (κ2) is 17.8. The number of rotatable bonds is 8. The fraction of sp³-hybridized carbons (Fsp3) is 0.158. The molecule has 346 valence electrons. The molecule has 2 aromatic heterocycles. The first kappa shape index (κ1) is 43.9. The minimum Gasteiger partial charge on any atom is -0.497 e. The number of hydrogen-bond donors (Lipinski definition) is 0. The molecule has 1 aliphatic heterocycles. The Morgan fingerprint density at radius 2 is 0.681 bits per heavy atom. The lowest BCUT2D eigenvalue weighted by atomic mass is 9.94. The van der Waals surface area contributed by atoms with Crippen LogP contribution in [-0.4, -0.2) is 35.2 Å². The highest BCUT2D eigenvalue weighted by Crippen LogP contribution is 2.63. The summed E-state index contributed by atoms with van der Waals surface area (Å²) < 4.78 is 66.4. The van der Waals surface area contributed by atoms with Crippen LogP contribution < -0.4 is 28.4 Å². The Bertz CT molecular complexity index is 3360. The molecule has 0 amide bonds. The predicted octanol–water partition coefficient (Wildman–Crippen LogP) is 16.9. The number of hydrogen-bond acceptors (Lipinski definition) is 10. The Morgan fingerprint density at radius 3 is 0.971 bits per heavy atom. The van der Waals surface area contributed by atoms with Crippen molar-refractivity contribution in [3.05, 3.63) is 156 Å². The zero-order valence-corrected chi connectivity index (χ0v) is 41.2. The van der Waals surface area contributed by atoms with Gasteiger partial charge in [-0.2, -0.15) is 0 Å². The molecule has 3 heterocycles. The SMILES string of the molecule is COc1cc(C)c2op(-c3c(-c4ccccc4)ccc4c3-c3c(ccc(-c5ccccc5)c3-p3oc5c(C)cc(OC)cc5c5cc(OC)cc(C)c5o3)OCO4)oc3c(C)cc(OC)cc3c2c1. The number of methoxy groups -OCH3 is 4.